The normalized spacial score (nSPS) is 12.4. The highest BCUT2D eigenvalue weighted by Gasteiger charge is 2.32. The van der Waals surface area contributed by atoms with Crippen LogP contribution < -0.4 is 31.2 Å². The number of fused-ring (bicyclic) bond motifs is 4. The Kier molecular flexibility index (Phi) is 21.4. The van der Waals surface area contributed by atoms with Crippen LogP contribution in [0, 0.1) is 52.0 Å². The average Bonchev–Trinajstić information content (AvgIpc) is 3.21. The minimum Gasteiger partial charge on any atom is -1.00 e. The molecule has 0 fully saturated rings. The lowest BCUT2D eigenvalue weighted by molar-refractivity contribution is 0.0321. The molecule has 1 aliphatic rings. The highest BCUT2D eigenvalue weighted by molar-refractivity contribution is 14.1. The highest BCUT2D eigenvalue weighted by atomic mass is 127. The number of ether oxygens (including phenoxy) is 6. The van der Waals surface area contributed by atoms with Crippen molar-refractivity contribution >= 4 is 107 Å². The van der Waals surface area contributed by atoms with Gasteiger partial charge in [0.25, 0.3) is 0 Å². The van der Waals surface area contributed by atoms with Gasteiger partial charge in [0, 0.05) is 59.6 Å². The summed E-state index contributed by atoms with van der Waals surface area (Å²) in [6, 6.07) is 12.4. The summed E-state index contributed by atoms with van der Waals surface area (Å²) in [6.07, 6.45) is 2.70. The Hall–Kier alpha value is -6.47. The number of carbonyl (C=O) groups excluding carboxylic acids is 3. The maximum absolute atomic E-state index is 14.1. The molecular formula is C62H76BINO16Si2-. The molecule has 1 aliphatic carbocycles. The van der Waals surface area contributed by atoms with E-state index in [0.717, 1.165) is 55.2 Å². The maximum Gasteiger partial charge on any atom is 0.495 e. The number of methoxy groups -OCH3 is 2. The number of benzene rings is 4. The zero-order valence-electron chi connectivity index (χ0n) is 51.6. The van der Waals surface area contributed by atoms with Crippen molar-refractivity contribution in [3.05, 3.63) is 156 Å². The number of aromatic nitrogens is 1. The minimum atomic E-state index is -1.97. The number of esters is 2. The van der Waals surface area contributed by atoms with Crippen LogP contribution in [-0.4, -0.2) is 96.6 Å². The van der Waals surface area contributed by atoms with Crippen molar-refractivity contribution in [2.75, 3.05) is 41.0 Å². The number of halogens is 1. The first-order valence-electron chi connectivity index (χ1n) is 27.1. The predicted molar refractivity (Wildman–Crippen MR) is 340 cm³/mol. The van der Waals surface area contributed by atoms with E-state index in [-0.39, 0.29) is 89.1 Å². The third-order valence-corrected chi connectivity index (χ3v) is 19.4. The first-order chi connectivity index (χ1) is 38.8. The fourth-order valence-electron chi connectivity index (χ4n) is 9.30. The molecule has 0 radical (unpaired) electrons. The molecular weight excluding hydrogens is 1210 g/mol. The molecule has 0 bridgehead atoms. The van der Waals surface area contributed by atoms with Gasteiger partial charge >= 0.3 is 19.1 Å². The highest BCUT2D eigenvalue weighted by Crippen LogP contribution is 2.39. The monoisotopic (exact) mass is 1280 g/mol. The van der Waals surface area contributed by atoms with Crippen LogP contribution in [0.4, 0.5) is 0 Å². The quantitative estimate of drug-likeness (QED) is 0.0397. The van der Waals surface area contributed by atoms with Crippen molar-refractivity contribution in [2.24, 2.45) is 7.05 Å². The van der Waals surface area contributed by atoms with Crippen molar-refractivity contribution in [1.82, 2.24) is 4.57 Å². The molecule has 0 spiro atoms. The number of rotatable bonds is 16. The Morgan fingerprint density at radius 2 is 1.13 bits per heavy atom. The standard InChI is InChI=1S/C32H38O9Si.C17H23BO6Si.C13H14INO.H/c1-18-12-26-29(28(20(18)3)32(35)38-9-10-42(6,7)8)31(34)23(15-39-26)27-19(2)11-21-13-24(40-16-36-4)25(41-17-37-5)14-22(21)30(27)33;1-10-8-13-15(16(19)12(9-24-13)18(21)22)14(11(10)2)17(20)23-6-7-25(3,4)5;1-7-5-10-11(6-8(7)2)15(4)9(3)12(14)13(10)16;/h12-15H,9-11,16-17H2,1-8H3;8-9,21-22H,6-7H2,1-5H3;5-6H,1-4H3;/q;;;-1. The van der Waals surface area contributed by atoms with Gasteiger partial charge in [-0.3, -0.25) is 19.2 Å². The SMILES string of the molecule is COCOc1cc2c(cc1OCOC)C(=O)C(c1coc3cc(C)c(C)c(C(=O)OCC[Si](C)(C)C)c3c1=O)=C(C)C2.Cc1cc2c(=O)c(I)c(C)n(C)c2cc1C.Cc1cc2occ(B(O)O)c(=O)c2c(C(=O)OCC[Si](C)(C)C)c1C.[H-]. The first-order valence-corrected chi connectivity index (χ1v) is 35.6. The molecule has 0 aliphatic heterocycles. The molecule has 0 saturated heterocycles. The van der Waals surface area contributed by atoms with Crippen LogP contribution in [-0.2, 0) is 32.4 Å². The molecule has 2 N–H and O–H groups in total. The van der Waals surface area contributed by atoms with Gasteiger partial charge in [-0.2, -0.15) is 0 Å². The maximum atomic E-state index is 14.1. The number of ketones is 1. The second-order valence-corrected chi connectivity index (χ2v) is 35.7. The van der Waals surface area contributed by atoms with Gasteiger partial charge in [0.05, 0.1) is 61.5 Å². The van der Waals surface area contributed by atoms with E-state index in [0.29, 0.717) is 40.2 Å². The number of allylic oxidation sites excluding steroid dienone is 2. The Morgan fingerprint density at radius 3 is 1.63 bits per heavy atom. The van der Waals surface area contributed by atoms with Crippen molar-refractivity contribution in [3.63, 3.8) is 0 Å². The third kappa shape index (κ3) is 14.9. The van der Waals surface area contributed by atoms with Gasteiger partial charge in [-0.25, -0.2) is 9.59 Å². The summed E-state index contributed by atoms with van der Waals surface area (Å²) < 4.78 is 46.6. The van der Waals surface area contributed by atoms with Gasteiger partial charge in [-0.05, 0) is 172 Å². The summed E-state index contributed by atoms with van der Waals surface area (Å²) in [5.74, 6) is -0.811. The van der Waals surface area contributed by atoms with Crippen LogP contribution in [0.25, 0.3) is 38.4 Å². The molecule has 17 nitrogen and oxygen atoms in total. The van der Waals surface area contributed by atoms with Crippen LogP contribution in [0.1, 0.15) is 89.6 Å². The molecule has 7 aromatic rings. The Bertz CT molecular complexity index is 3910. The second kappa shape index (κ2) is 27.1. The second-order valence-electron chi connectivity index (χ2n) is 23.4. The van der Waals surface area contributed by atoms with Crippen molar-refractivity contribution in [2.45, 2.75) is 113 Å². The van der Waals surface area contributed by atoms with E-state index >= 15 is 0 Å². The summed E-state index contributed by atoms with van der Waals surface area (Å²) in [6.45, 7) is 28.7. The summed E-state index contributed by atoms with van der Waals surface area (Å²) in [7, 11) is 0.224. The van der Waals surface area contributed by atoms with Gasteiger partial charge in [0.15, 0.2) is 36.3 Å². The molecule has 83 heavy (non-hydrogen) atoms. The zero-order valence-corrected chi connectivity index (χ0v) is 54.7. The number of Topliss-reactive ketones (excluding diaryl/α,β-unsaturated/α-hetero) is 1. The summed E-state index contributed by atoms with van der Waals surface area (Å²) >= 11 is 2.13. The van der Waals surface area contributed by atoms with Crippen molar-refractivity contribution in [3.8, 4) is 11.5 Å². The van der Waals surface area contributed by atoms with Crippen LogP contribution in [0.5, 0.6) is 11.5 Å². The number of nitrogens with zero attached hydrogens (tertiary/aromatic N) is 1. The number of aryl methyl sites for hydroxylation is 5. The van der Waals surface area contributed by atoms with Crippen LogP contribution in [0.2, 0.25) is 51.4 Å². The Morgan fingerprint density at radius 1 is 0.651 bits per heavy atom. The lowest BCUT2D eigenvalue weighted by Crippen LogP contribution is -2.41. The van der Waals surface area contributed by atoms with Crippen LogP contribution in [0.15, 0.2) is 77.7 Å². The molecule has 3 aromatic heterocycles. The predicted octanol–water partition coefficient (Wildman–Crippen LogP) is 10.8. The molecule has 0 amide bonds. The van der Waals surface area contributed by atoms with Gasteiger partial charge in [0.1, 0.15) is 17.4 Å². The van der Waals surface area contributed by atoms with Crippen molar-refractivity contribution < 1.29 is 63.1 Å². The van der Waals surface area contributed by atoms with E-state index in [4.69, 9.17) is 37.3 Å². The zero-order chi connectivity index (χ0) is 61.7. The first kappa shape index (κ1) is 65.7. The molecule has 0 unspecified atom stereocenters. The lowest BCUT2D eigenvalue weighted by Gasteiger charge is -2.22. The van der Waals surface area contributed by atoms with E-state index < -0.39 is 46.1 Å². The van der Waals surface area contributed by atoms with E-state index in [1.807, 2.05) is 40.8 Å². The van der Waals surface area contributed by atoms with E-state index in [9.17, 15) is 38.8 Å². The van der Waals surface area contributed by atoms with Crippen LogP contribution in [0.3, 0.4) is 0 Å². The topological polar surface area (TPSA) is 229 Å². The fraction of sp³-hybridized carbons (Fsp3) is 0.387. The largest absolute Gasteiger partial charge is 1.00 e. The number of pyridine rings is 1. The number of hydrogen-bond donors (Lipinski definition) is 2. The van der Waals surface area contributed by atoms with Crippen LogP contribution >= 0.6 is 22.6 Å². The number of carbonyl (C=O) groups is 3. The molecule has 444 valence electrons. The van der Waals surface area contributed by atoms with E-state index in [1.165, 1.54) is 31.6 Å². The van der Waals surface area contributed by atoms with Crippen molar-refractivity contribution in [1.29, 1.82) is 0 Å². The average molecular weight is 1290 g/mol. The molecule has 4 aromatic carbocycles. The fourth-order valence-corrected chi connectivity index (χ4v) is 11.4. The van der Waals surface area contributed by atoms with E-state index in [1.54, 1.807) is 45.0 Å². The summed E-state index contributed by atoms with van der Waals surface area (Å²) in [4.78, 5) is 78.8. The van der Waals surface area contributed by atoms with E-state index in [2.05, 4.69) is 79.4 Å². The molecule has 21 heteroatoms. The minimum absolute atomic E-state index is 0. The Balaban J connectivity index is 0.000000258. The molecule has 0 atom stereocenters. The molecule has 0 saturated carbocycles. The summed E-state index contributed by atoms with van der Waals surface area (Å²) in [5.41, 5.74) is 8.90. The van der Waals surface area contributed by atoms with Gasteiger partial charge in [-0.1, -0.05) is 44.9 Å². The molecule has 8 rings (SSSR count). The molecule has 3 heterocycles. The number of hydrogen-bond acceptors (Lipinski definition) is 16. The van der Waals surface area contributed by atoms with Gasteiger partial charge in [-0.15, -0.1) is 0 Å². The van der Waals surface area contributed by atoms with Gasteiger partial charge in [0.2, 0.25) is 10.9 Å². The van der Waals surface area contributed by atoms with Gasteiger partial charge < -0.3 is 53.3 Å². The summed E-state index contributed by atoms with van der Waals surface area (Å²) in [5, 5.41) is 19.6. The Labute approximate surface area is 500 Å². The smallest absolute Gasteiger partial charge is 0.495 e. The third-order valence-electron chi connectivity index (χ3n) is 14.8. The lowest BCUT2D eigenvalue weighted by atomic mass is 9.80.